The van der Waals surface area contributed by atoms with Gasteiger partial charge in [-0.15, -0.1) is 0 Å². The molecule has 0 spiro atoms. The van der Waals surface area contributed by atoms with E-state index < -0.39 is 6.04 Å². The fraction of sp³-hybridized carbons (Fsp3) is 0.250. The number of ether oxygens (including phenoxy) is 1. The molecule has 180 valence electrons. The van der Waals surface area contributed by atoms with Crippen molar-refractivity contribution in [3.8, 4) is 5.69 Å². The summed E-state index contributed by atoms with van der Waals surface area (Å²) in [4.78, 5) is 33.9. The van der Waals surface area contributed by atoms with Crippen molar-refractivity contribution in [3.05, 3.63) is 101 Å². The van der Waals surface area contributed by atoms with Crippen LogP contribution in [0.5, 0.6) is 0 Å². The molecule has 0 saturated carbocycles. The largest absolute Gasteiger partial charge is 0.383 e. The van der Waals surface area contributed by atoms with Gasteiger partial charge in [-0.25, -0.2) is 9.78 Å². The molecule has 3 aromatic carbocycles. The van der Waals surface area contributed by atoms with E-state index in [1.54, 1.807) is 22.6 Å². The molecule has 0 bridgehead atoms. The summed E-state index contributed by atoms with van der Waals surface area (Å²) in [6.07, 6.45) is 0.558. The zero-order valence-corrected chi connectivity index (χ0v) is 20.3. The van der Waals surface area contributed by atoms with Crippen molar-refractivity contribution in [1.82, 2.24) is 14.5 Å². The Morgan fingerprint density at radius 2 is 1.80 bits per heavy atom. The highest BCUT2D eigenvalue weighted by Gasteiger charge is 2.29. The summed E-state index contributed by atoms with van der Waals surface area (Å²) in [7, 11) is 1.60. The zero-order chi connectivity index (χ0) is 24.8. The van der Waals surface area contributed by atoms with E-state index in [1.807, 2.05) is 86.6 Å². The highest BCUT2D eigenvalue weighted by atomic mass is 16.5. The van der Waals surface area contributed by atoms with Gasteiger partial charge in [-0.05, 0) is 55.3 Å². The SMILES string of the molecule is CCC(c1nc2ccccc2c(=O)n1-c1cccc(C)c1)N(CCOC)C(=O)Nc1ccccc1. The molecule has 0 aliphatic rings. The van der Waals surface area contributed by atoms with Crippen molar-refractivity contribution in [3.63, 3.8) is 0 Å². The van der Waals surface area contributed by atoms with E-state index in [1.165, 1.54) is 0 Å². The second kappa shape index (κ2) is 11.0. The molecule has 0 fully saturated rings. The van der Waals surface area contributed by atoms with Gasteiger partial charge in [-0.1, -0.05) is 49.4 Å². The lowest BCUT2D eigenvalue weighted by Crippen LogP contribution is -2.42. The molecule has 1 heterocycles. The number of rotatable bonds is 8. The van der Waals surface area contributed by atoms with Crippen LogP contribution in [0.1, 0.15) is 30.8 Å². The van der Waals surface area contributed by atoms with Crippen LogP contribution in [0.2, 0.25) is 0 Å². The molecule has 35 heavy (non-hydrogen) atoms. The first-order chi connectivity index (χ1) is 17.0. The van der Waals surface area contributed by atoms with Gasteiger partial charge in [0, 0.05) is 19.3 Å². The number of methoxy groups -OCH3 is 1. The van der Waals surface area contributed by atoms with Crippen LogP contribution in [-0.4, -0.2) is 40.7 Å². The summed E-state index contributed by atoms with van der Waals surface area (Å²) in [5, 5.41) is 3.50. The number of benzene rings is 3. The number of anilines is 1. The van der Waals surface area contributed by atoms with E-state index in [0.29, 0.717) is 42.0 Å². The number of urea groups is 1. The predicted octanol–water partition coefficient (Wildman–Crippen LogP) is 5.33. The molecule has 0 saturated heterocycles. The van der Waals surface area contributed by atoms with Crippen LogP contribution in [0.4, 0.5) is 10.5 Å². The number of carbonyl (C=O) groups is 1. The van der Waals surface area contributed by atoms with E-state index in [-0.39, 0.29) is 11.6 Å². The summed E-state index contributed by atoms with van der Waals surface area (Å²) < 4.78 is 6.96. The lowest BCUT2D eigenvalue weighted by Gasteiger charge is -2.32. The molecule has 1 N–H and O–H groups in total. The third-order valence-corrected chi connectivity index (χ3v) is 5.94. The maximum absolute atomic E-state index is 13.8. The molecule has 0 aliphatic carbocycles. The molecule has 7 nitrogen and oxygen atoms in total. The molecule has 2 amide bonds. The highest BCUT2D eigenvalue weighted by molar-refractivity contribution is 5.89. The van der Waals surface area contributed by atoms with Crippen molar-refractivity contribution in [2.45, 2.75) is 26.3 Å². The number of aromatic nitrogens is 2. The van der Waals surface area contributed by atoms with Gasteiger partial charge in [0.05, 0.1) is 29.2 Å². The predicted molar refractivity (Wildman–Crippen MR) is 139 cm³/mol. The average Bonchev–Trinajstić information content (AvgIpc) is 2.87. The summed E-state index contributed by atoms with van der Waals surface area (Å²) in [6.45, 7) is 4.66. The molecule has 4 rings (SSSR count). The van der Waals surface area contributed by atoms with Gasteiger partial charge < -0.3 is 15.0 Å². The van der Waals surface area contributed by atoms with Crippen molar-refractivity contribution in [1.29, 1.82) is 0 Å². The molecule has 0 aliphatic heterocycles. The first-order valence-electron chi connectivity index (χ1n) is 11.7. The van der Waals surface area contributed by atoms with Gasteiger partial charge in [0.15, 0.2) is 0 Å². The normalized spacial score (nSPS) is 11.9. The lowest BCUT2D eigenvalue weighted by atomic mass is 10.1. The Bertz CT molecular complexity index is 1370. The van der Waals surface area contributed by atoms with Crippen LogP contribution >= 0.6 is 0 Å². The van der Waals surface area contributed by atoms with Crippen LogP contribution in [0.15, 0.2) is 83.7 Å². The summed E-state index contributed by atoms with van der Waals surface area (Å²) in [5.41, 5.74) is 2.88. The first-order valence-corrected chi connectivity index (χ1v) is 11.7. The summed E-state index contributed by atoms with van der Waals surface area (Å²) >= 11 is 0. The van der Waals surface area contributed by atoms with Crippen molar-refractivity contribution >= 4 is 22.6 Å². The van der Waals surface area contributed by atoms with Gasteiger partial charge in [0.25, 0.3) is 5.56 Å². The molecule has 1 aromatic heterocycles. The smallest absolute Gasteiger partial charge is 0.322 e. The Hall–Kier alpha value is -3.97. The molecular formula is C28H30N4O3. The molecule has 0 radical (unpaired) electrons. The number of fused-ring (bicyclic) bond motifs is 1. The van der Waals surface area contributed by atoms with Crippen LogP contribution in [-0.2, 0) is 4.74 Å². The average molecular weight is 471 g/mol. The number of hydrogen-bond acceptors (Lipinski definition) is 4. The van der Waals surface area contributed by atoms with Gasteiger partial charge in [0.1, 0.15) is 5.82 Å². The zero-order valence-electron chi connectivity index (χ0n) is 20.3. The third kappa shape index (κ3) is 5.25. The van der Waals surface area contributed by atoms with E-state index in [9.17, 15) is 9.59 Å². The standard InChI is InChI=1S/C28H30N4O3/c1-4-25(31(17-18-35-3)28(34)29-21-12-6-5-7-13-21)26-30-24-16-9-8-15-23(24)27(33)32(26)22-14-10-11-20(2)19-22/h5-16,19,25H,4,17-18H2,1-3H3,(H,29,34). The van der Waals surface area contributed by atoms with E-state index in [4.69, 9.17) is 9.72 Å². The minimum absolute atomic E-state index is 0.162. The maximum Gasteiger partial charge on any atom is 0.322 e. The Kier molecular flexibility index (Phi) is 7.57. The second-order valence-electron chi connectivity index (χ2n) is 8.37. The van der Waals surface area contributed by atoms with E-state index >= 15 is 0 Å². The Balaban J connectivity index is 1.88. The van der Waals surface area contributed by atoms with Gasteiger partial charge in [-0.2, -0.15) is 0 Å². The number of nitrogens with zero attached hydrogens (tertiary/aromatic N) is 3. The Morgan fingerprint density at radius 1 is 1.06 bits per heavy atom. The van der Waals surface area contributed by atoms with Crippen molar-refractivity contribution < 1.29 is 9.53 Å². The second-order valence-corrected chi connectivity index (χ2v) is 8.37. The monoisotopic (exact) mass is 470 g/mol. The minimum Gasteiger partial charge on any atom is -0.383 e. The van der Waals surface area contributed by atoms with Crippen molar-refractivity contribution in [2.75, 3.05) is 25.6 Å². The van der Waals surface area contributed by atoms with Crippen LogP contribution in [0.25, 0.3) is 16.6 Å². The topological polar surface area (TPSA) is 76.5 Å². The molecule has 1 atom stereocenters. The van der Waals surface area contributed by atoms with Crippen molar-refractivity contribution in [2.24, 2.45) is 0 Å². The number of para-hydroxylation sites is 2. The van der Waals surface area contributed by atoms with Crippen LogP contribution < -0.4 is 10.9 Å². The third-order valence-electron chi connectivity index (χ3n) is 5.94. The number of carbonyl (C=O) groups excluding carboxylic acids is 1. The fourth-order valence-corrected chi connectivity index (χ4v) is 4.24. The fourth-order valence-electron chi connectivity index (χ4n) is 4.24. The van der Waals surface area contributed by atoms with Gasteiger partial charge >= 0.3 is 6.03 Å². The van der Waals surface area contributed by atoms with Crippen LogP contribution in [0.3, 0.4) is 0 Å². The summed E-state index contributed by atoms with van der Waals surface area (Å²) in [5.74, 6) is 0.515. The lowest BCUT2D eigenvalue weighted by molar-refractivity contribution is 0.131. The van der Waals surface area contributed by atoms with E-state index in [0.717, 1.165) is 11.3 Å². The molecule has 1 unspecified atom stereocenters. The minimum atomic E-state index is -0.466. The van der Waals surface area contributed by atoms with E-state index in [2.05, 4.69) is 5.32 Å². The van der Waals surface area contributed by atoms with Gasteiger partial charge in [0.2, 0.25) is 0 Å². The quantitative estimate of drug-likeness (QED) is 0.378. The van der Waals surface area contributed by atoms with Gasteiger partial charge in [-0.3, -0.25) is 9.36 Å². The number of hydrogen-bond donors (Lipinski definition) is 1. The summed E-state index contributed by atoms with van der Waals surface area (Å²) in [6, 6.07) is 23.6. The molecule has 7 heteroatoms. The molecular weight excluding hydrogens is 440 g/mol. The number of amides is 2. The Labute approximate surface area is 205 Å². The first kappa shape index (κ1) is 24.2. The molecule has 4 aromatic rings. The Morgan fingerprint density at radius 3 is 2.51 bits per heavy atom. The highest BCUT2D eigenvalue weighted by Crippen LogP contribution is 2.27. The number of aryl methyl sites for hydroxylation is 1. The number of nitrogens with one attached hydrogen (secondary N) is 1. The van der Waals surface area contributed by atoms with Crippen LogP contribution in [0, 0.1) is 6.92 Å². The maximum atomic E-state index is 13.8.